The summed E-state index contributed by atoms with van der Waals surface area (Å²) in [6.45, 7) is 5.19. The van der Waals surface area contributed by atoms with E-state index in [9.17, 15) is 14.4 Å². The molecule has 1 atom stereocenters. The molecule has 1 unspecified atom stereocenters. The highest BCUT2D eigenvalue weighted by molar-refractivity contribution is 5.76. The summed E-state index contributed by atoms with van der Waals surface area (Å²) in [5.74, 6) is -0.580. The Kier molecular flexibility index (Phi) is 4.07. The van der Waals surface area contributed by atoms with Crippen LogP contribution in [0, 0.1) is 0 Å². The zero-order chi connectivity index (χ0) is 13.9. The van der Waals surface area contributed by atoms with Gasteiger partial charge in [0.25, 0.3) is 5.56 Å². The Morgan fingerprint density at radius 2 is 2.00 bits per heavy atom. The van der Waals surface area contributed by atoms with E-state index in [0.717, 1.165) is 0 Å². The minimum absolute atomic E-state index is 0.0358. The summed E-state index contributed by atoms with van der Waals surface area (Å²) < 4.78 is 5.09. The fourth-order valence-corrected chi connectivity index (χ4v) is 1.33. The molecular weight excluding hydrogens is 238 g/mol. The maximum atomic E-state index is 11.6. The highest BCUT2D eigenvalue weighted by atomic mass is 16.6. The molecule has 1 heterocycles. The first-order valence-corrected chi connectivity index (χ1v) is 5.48. The van der Waals surface area contributed by atoms with Gasteiger partial charge in [-0.3, -0.25) is 14.6 Å². The minimum Gasteiger partial charge on any atom is -0.459 e. The van der Waals surface area contributed by atoms with Crippen molar-refractivity contribution in [1.29, 1.82) is 0 Å². The topological polar surface area (TPSA) is 118 Å². The zero-order valence-corrected chi connectivity index (χ0v) is 10.6. The number of ether oxygens (including phenoxy) is 1. The lowest BCUT2D eigenvalue weighted by molar-refractivity contribution is -0.156. The fourth-order valence-electron chi connectivity index (χ4n) is 1.33. The van der Waals surface area contributed by atoms with Crippen molar-refractivity contribution in [2.75, 3.05) is 0 Å². The Morgan fingerprint density at radius 3 is 2.50 bits per heavy atom. The average Bonchev–Trinajstić information content (AvgIpc) is 2.12. The molecule has 0 aliphatic rings. The van der Waals surface area contributed by atoms with E-state index in [2.05, 4.69) is 4.98 Å². The highest BCUT2D eigenvalue weighted by Crippen LogP contribution is 2.08. The van der Waals surface area contributed by atoms with Crippen LogP contribution in [0.15, 0.2) is 15.7 Å². The molecule has 7 heteroatoms. The number of aromatic nitrogens is 2. The number of H-pyrrole nitrogens is 2. The second-order valence-corrected chi connectivity index (χ2v) is 4.96. The summed E-state index contributed by atoms with van der Waals surface area (Å²) >= 11 is 0. The summed E-state index contributed by atoms with van der Waals surface area (Å²) in [5.41, 5.74) is 4.15. The number of aromatic amines is 2. The fraction of sp³-hybridized carbons (Fsp3) is 0.545. The molecule has 4 N–H and O–H groups in total. The second-order valence-electron chi connectivity index (χ2n) is 4.96. The first-order chi connectivity index (χ1) is 8.17. The van der Waals surface area contributed by atoms with Gasteiger partial charge in [-0.05, 0) is 20.8 Å². The van der Waals surface area contributed by atoms with Crippen molar-refractivity contribution < 1.29 is 9.53 Å². The van der Waals surface area contributed by atoms with Crippen molar-refractivity contribution in [2.24, 2.45) is 5.73 Å². The van der Waals surface area contributed by atoms with Gasteiger partial charge in [-0.25, -0.2) is 4.79 Å². The first kappa shape index (κ1) is 14.2. The number of hydrogen-bond donors (Lipinski definition) is 3. The smallest absolute Gasteiger partial charge is 0.325 e. The predicted molar refractivity (Wildman–Crippen MR) is 65.2 cm³/mol. The lowest BCUT2D eigenvalue weighted by atomic mass is 10.1. The van der Waals surface area contributed by atoms with E-state index in [4.69, 9.17) is 10.5 Å². The summed E-state index contributed by atoms with van der Waals surface area (Å²) in [5, 5.41) is 0. The lowest BCUT2D eigenvalue weighted by Crippen LogP contribution is -2.39. The van der Waals surface area contributed by atoms with Crippen LogP contribution in [0.4, 0.5) is 0 Å². The second kappa shape index (κ2) is 5.18. The van der Waals surface area contributed by atoms with E-state index in [0.29, 0.717) is 5.69 Å². The maximum absolute atomic E-state index is 11.6. The molecule has 1 aromatic heterocycles. The van der Waals surface area contributed by atoms with Gasteiger partial charge in [-0.2, -0.15) is 0 Å². The van der Waals surface area contributed by atoms with Gasteiger partial charge >= 0.3 is 11.7 Å². The molecule has 0 aliphatic heterocycles. The molecule has 0 aromatic carbocycles. The summed E-state index contributed by atoms with van der Waals surface area (Å²) in [4.78, 5) is 38.1. The molecule has 0 spiro atoms. The van der Waals surface area contributed by atoms with Gasteiger partial charge in [-0.1, -0.05) is 0 Å². The Labute approximate surface area is 103 Å². The molecule has 0 aliphatic carbocycles. The normalized spacial score (nSPS) is 13.1. The number of rotatable bonds is 3. The van der Waals surface area contributed by atoms with Gasteiger partial charge in [0.15, 0.2) is 0 Å². The van der Waals surface area contributed by atoms with Crippen molar-refractivity contribution in [1.82, 2.24) is 9.97 Å². The van der Waals surface area contributed by atoms with Crippen LogP contribution in [0.2, 0.25) is 0 Å². The van der Waals surface area contributed by atoms with Crippen LogP contribution in [0.3, 0.4) is 0 Å². The molecule has 7 nitrogen and oxygen atoms in total. The van der Waals surface area contributed by atoms with Crippen LogP contribution in [0.25, 0.3) is 0 Å². The number of esters is 1. The Bertz CT molecular complexity index is 510. The van der Waals surface area contributed by atoms with Crippen LogP contribution < -0.4 is 17.0 Å². The monoisotopic (exact) mass is 255 g/mol. The summed E-state index contributed by atoms with van der Waals surface area (Å²) in [6.07, 6.45) is 0.0358. The van der Waals surface area contributed by atoms with Crippen LogP contribution in [-0.2, 0) is 16.0 Å². The highest BCUT2D eigenvalue weighted by Gasteiger charge is 2.22. The van der Waals surface area contributed by atoms with Crippen LogP contribution in [-0.4, -0.2) is 27.6 Å². The van der Waals surface area contributed by atoms with Gasteiger partial charge in [0.2, 0.25) is 0 Å². The van der Waals surface area contributed by atoms with Gasteiger partial charge in [-0.15, -0.1) is 0 Å². The number of hydrogen-bond acceptors (Lipinski definition) is 5. The Morgan fingerprint density at radius 1 is 1.39 bits per heavy atom. The third-order valence-corrected chi connectivity index (χ3v) is 1.97. The molecule has 100 valence electrons. The number of nitrogens with one attached hydrogen (secondary N) is 2. The molecule has 0 saturated heterocycles. The third-order valence-electron chi connectivity index (χ3n) is 1.97. The third kappa shape index (κ3) is 4.54. The van der Waals surface area contributed by atoms with E-state index < -0.39 is 28.9 Å². The molecule has 0 amide bonds. The van der Waals surface area contributed by atoms with Gasteiger partial charge in [0, 0.05) is 18.2 Å². The SMILES string of the molecule is CC(C)(C)OC(=O)C(N)Cc1cc(=O)[nH]c(=O)[nH]1. The van der Waals surface area contributed by atoms with Gasteiger partial charge < -0.3 is 15.5 Å². The Balaban J connectivity index is 2.75. The molecule has 1 rings (SSSR count). The average molecular weight is 255 g/mol. The van der Waals surface area contributed by atoms with E-state index in [1.165, 1.54) is 6.07 Å². The first-order valence-electron chi connectivity index (χ1n) is 5.48. The van der Waals surface area contributed by atoms with Gasteiger partial charge in [0.1, 0.15) is 11.6 Å². The molecule has 0 saturated carbocycles. The van der Waals surface area contributed by atoms with Crippen LogP contribution >= 0.6 is 0 Å². The van der Waals surface area contributed by atoms with E-state index >= 15 is 0 Å². The van der Waals surface area contributed by atoms with Crippen molar-refractivity contribution in [2.45, 2.75) is 38.8 Å². The molecule has 18 heavy (non-hydrogen) atoms. The molecule has 0 bridgehead atoms. The minimum atomic E-state index is -0.929. The van der Waals surface area contributed by atoms with E-state index in [-0.39, 0.29) is 6.42 Å². The molecular formula is C11H17N3O4. The number of carbonyl (C=O) groups excluding carboxylic acids is 1. The van der Waals surface area contributed by atoms with Crippen molar-refractivity contribution in [3.05, 3.63) is 32.6 Å². The van der Waals surface area contributed by atoms with E-state index in [1.807, 2.05) is 4.98 Å². The van der Waals surface area contributed by atoms with Crippen molar-refractivity contribution in [3.8, 4) is 0 Å². The van der Waals surface area contributed by atoms with Crippen molar-refractivity contribution in [3.63, 3.8) is 0 Å². The lowest BCUT2D eigenvalue weighted by Gasteiger charge is -2.22. The summed E-state index contributed by atoms with van der Waals surface area (Å²) in [6, 6.07) is 0.257. The summed E-state index contributed by atoms with van der Waals surface area (Å²) in [7, 11) is 0. The van der Waals surface area contributed by atoms with E-state index in [1.54, 1.807) is 20.8 Å². The zero-order valence-electron chi connectivity index (χ0n) is 10.6. The quantitative estimate of drug-likeness (QED) is 0.616. The number of nitrogens with two attached hydrogens (primary N) is 1. The molecule has 0 fully saturated rings. The maximum Gasteiger partial charge on any atom is 0.325 e. The van der Waals surface area contributed by atoms with Gasteiger partial charge in [0.05, 0.1) is 0 Å². The predicted octanol–water partition coefficient (Wildman–Crippen LogP) is -0.725. The van der Waals surface area contributed by atoms with Crippen LogP contribution in [0.5, 0.6) is 0 Å². The molecule has 0 radical (unpaired) electrons. The standard InChI is InChI=1S/C11H17N3O4/c1-11(2,3)18-9(16)7(12)4-6-5-8(15)14-10(17)13-6/h5,7H,4,12H2,1-3H3,(H2,13,14,15,17). The number of carbonyl (C=O) groups is 1. The Hall–Kier alpha value is -1.89. The van der Waals surface area contributed by atoms with Crippen LogP contribution in [0.1, 0.15) is 26.5 Å². The van der Waals surface area contributed by atoms with Crippen molar-refractivity contribution >= 4 is 5.97 Å². The molecule has 1 aromatic rings. The largest absolute Gasteiger partial charge is 0.459 e.